The second-order valence-electron chi connectivity index (χ2n) is 5.15. The lowest BCUT2D eigenvalue weighted by Gasteiger charge is -2.24. The van der Waals surface area contributed by atoms with Crippen LogP contribution in [0.1, 0.15) is 25.7 Å². The van der Waals surface area contributed by atoms with Crippen molar-refractivity contribution in [2.75, 3.05) is 31.4 Å². The van der Waals surface area contributed by atoms with Crippen LogP contribution in [0.3, 0.4) is 0 Å². The summed E-state index contributed by atoms with van der Waals surface area (Å²) < 4.78 is 10.6. The number of anilines is 2. The molecule has 0 atom stereocenters. The molecule has 0 unspecified atom stereocenters. The van der Waals surface area contributed by atoms with Gasteiger partial charge < -0.3 is 20.5 Å². The van der Waals surface area contributed by atoms with Gasteiger partial charge >= 0.3 is 0 Å². The van der Waals surface area contributed by atoms with Gasteiger partial charge in [-0.15, -0.1) is 0 Å². The first-order chi connectivity index (χ1) is 9.69. The third-order valence-electron chi connectivity index (χ3n) is 3.63. The van der Waals surface area contributed by atoms with Gasteiger partial charge in [0.25, 0.3) is 0 Å². The second-order valence-corrected chi connectivity index (χ2v) is 5.15. The zero-order valence-corrected chi connectivity index (χ0v) is 11.9. The number of hydrogen-bond acceptors (Lipinski definition) is 4. The summed E-state index contributed by atoms with van der Waals surface area (Å²) in [5, 5.41) is 2.75. The van der Waals surface area contributed by atoms with E-state index in [2.05, 4.69) is 5.32 Å². The Morgan fingerprint density at radius 1 is 1.45 bits per heavy atom. The molecule has 110 valence electrons. The molecular formula is C15H22N2O3. The lowest BCUT2D eigenvalue weighted by Crippen LogP contribution is -2.20. The zero-order chi connectivity index (χ0) is 14.4. The Kier molecular flexibility index (Phi) is 5.24. The van der Waals surface area contributed by atoms with E-state index in [1.54, 1.807) is 25.3 Å². The Morgan fingerprint density at radius 2 is 2.25 bits per heavy atom. The first kappa shape index (κ1) is 14.7. The minimum absolute atomic E-state index is 0.0602. The van der Waals surface area contributed by atoms with Gasteiger partial charge in [0.2, 0.25) is 5.91 Å². The fourth-order valence-electron chi connectivity index (χ4n) is 2.21. The first-order valence-corrected chi connectivity index (χ1v) is 7.00. The number of hydrogen-bond donors (Lipinski definition) is 2. The van der Waals surface area contributed by atoms with Gasteiger partial charge in [-0.25, -0.2) is 0 Å². The summed E-state index contributed by atoms with van der Waals surface area (Å²) in [5.74, 6) is 1.19. The van der Waals surface area contributed by atoms with Gasteiger partial charge in [0.1, 0.15) is 12.4 Å². The minimum atomic E-state index is -0.192. The molecule has 5 nitrogen and oxygen atoms in total. The Balaban J connectivity index is 1.74. The standard InChI is InChI=1S/C15H22N2O3/c1-19-14-6-5-12(16)9-13(14)17-15(18)10-20-8-7-11-3-2-4-11/h5-6,9,11H,2-4,7-8,10,16H2,1H3,(H,17,18). The highest BCUT2D eigenvalue weighted by molar-refractivity contribution is 5.93. The summed E-state index contributed by atoms with van der Waals surface area (Å²) in [6.45, 7) is 0.705. The van der Waals surface area contributed by atoms with Crippen molar-refractivity contribution in [1.29, 1.82) is 0 Å². The Labute approximate surface area is 119 Å². The molecule has 1 aliphatic rings. The van der Waals surface area contributed by atoms with Crippen LogP contribution in [-0.4, -0.2) is 26.2 Å². The van der Waals surface area contributed by atoms with Crippen molar-refractivity contribution in [3.05, 3.63) is 18.2 Å². The highest BCUT2D eigenvalue weighted by Gasteiger charge is 2.16. The van der Waals surface area contributed by atoms with E-state index >= 15 is 0 Å². The lowest BCUT2D eigenvalue weighted by molar-refractivity contribution is -0.120. The molecule has 1 aromatic rings. The highest BCUT2D eigenvalue weighted by atomic mass is 16.5. The molecule has 1 aliphatic carbocycles. The Morgan fingerprint density at radius 3 is 2.90 bits per heavy atom. The molecule has 3 N–H and O–H groups in total. The van der Waals surface area contributed by atoms with E-state index in [1.165, 1.54) is 19.3 Å². The van der Waals surface area contributed by atoms with Crippen LogP contribution in [0, 0.1) is 5.92 Å². The number of carbonyl (C=O) groups is 1. The van der Waals surface area contributed by atoms with E-state index in [1.807, 2.05) is 0 Å². The third kappa shape index (κ3) is 4.13. The van der Waals surface area contributed by atoms with Crippen molar-refractivity contribution < 1.29 is 14.3 Å². The number of methoxy groups -OCH3 is 1. The predicted molar refractivity (Wildman–Crippen MR) is 78.8 cm³/mol. The van der Waals surface area contributed by atoms with Crippen molar-refractivity contribution in [3.8, 4) is 5.75 Å². The maximum absolute atomic E-state index is 11.8. The van der Waals surface area contributed by atoms with Crippen molar-refractivity contribution >= 4 is 17.3 Å². The van der Waals surface area contributed by atoms with Crippen LogP contribution in [-0.2, 0) is 9.53 Å². The number of nitrogens with one attached hydrogen (secondary N) is 1. The summed E-state index contributed by atoms with van der Waals surface area (Å²) in [5.41, 5.74) is 6.84. The van der Waals surface area contributed by atoms with E-state index in [0.29, 0.717) is 23.7 Å². The maximum Gasteiger partial charge on any atom is 0.250 e. The molecule has 1 amide bonds. The first-order valence-electron chi connectivity index (χ1n) is 7.00. The molecule has 0 radical (unpaired) electrons. The molecule has 0 heterocycles. The number of rotatable bonds is 7. The smallest absolute Gasteiger partial charge is 0.250 e. The highest BCUT2D eigenvalue weighted by Crippen LogP contribution is 2.29. The van der Waals surface area contributed by atoms with E-state index in [9.17, 15) is 4.79 Å². The van der Waals surface area contributed by atoms with Gasteiger partial charge in [0, 0.05) is 12.3 Å². The summed E-state index contributed by atoms with van der Waals surface area (Å²) in [7, 11) is 1.55. The molecule has 2 rings (SSSR count). The largest absolute Gasteiger partial charge is 0.495 e. The van der Waals surface area contributed by atoms with Crippen molar-refractivity contribution in [3.63, 3.8) is 0 Å². The number of nitrogens with two attached hydrogens (primary N) is 1. The monoisotopic (exact) mass is 278 g/mol. The van der Waals surface area contributed by atoms with Crippen LogP contribution >= 0.6 is 0 Å². The summed E-state index contributed by atoms with van der Waals surface area (Å²) in [6.07, 6.45) is 4.99. The maximum atomic E-state index is 11.8. The SMILES string of the molecule is COc1ccc(N)cc1NC(=O)COCCC1CCC1. The van der Waals surface area contributed by atoms with Crippen LogP contribution in [0.2, 0.25) is 0 Å². The van der Waals surface area contributed by atoms with Crippen LogP contribution in [0.4, 0.5) is 11.4 Å². The third-order valence-corrected chi connectivity index (χ3v) is 3.63. The van der Waals surface area contributed by atoms with E-state index in [-0.39, 0.29) is 12.5 Å². The van der Waals surface area contributed by atoms with Crippen molar-refractivity contribution in [2.24, 2.45) is 5.92 Å². The van der Waals surface area contributed by atoms with E-state index in [4.69, 9.17) is 15.2 Å². The lowest BCUT2D eigenvalue weighted by atomic mass is 9.83. The van der Waals surface area contributed by atoms with Crippen molar-refractivity contribution in [2.45, 2.75) is 25.7 Å². The molecule has 5 heteroatoms. The van der Waals surface area contributed by atoms with Crippen molar-refractivity contribution in [1.82, 2.24) is 0 Å². The number of ether oxygens (including phenoxy) is 2. The summed E-state index contributed by atoms with van der Waals surface area (Å²) >= 11 is 0. The molecule has 1 fully saturated rings. The van der Waals surface area contributed by atoms with E-state index in [0.717, 1.165) is 12.3 Å². The number of benzene rings is 1. The van der Waals surface area contributed by atoms with Crippen LogP contribution in [0.15, 0.2) is 18.2 Å². The van der Waals surface area contributed by atoms with Gasteiger partial charge in [-0.05, 0) is 30.5 Å². The van der Waals surface area contributed by atoms with Gasteiger partial charge in [-0.1, -0.05) is 19.3 Å². The topological polar surface area (TPSA) is 73.6 Å². The molecule has 0 spiro atoms. The van der Waals surface area contributed by atoms with E-state index < -0.39 is 0 Å². The molecule has 0 saturated heterocycles. The fourth-order valence-corrected chi connectivity index (χ4v) is 2.21. The quantitative estimate of drug-likeness (QED) is 0.593. The number of carbonyl (C=O) groups excluding carboxylic acids is 1. The number of amides is 1. The van der Waals surface area contributed by atoms with Gasteiger partial charge in [-0.3, -0.25) is 4.79 Å². The second kappa shape index (κ2) is 7.14. The Hall–Kier alpha value is -1.75. The average Bonchev–Trinajstić information content (AvgIpc) is 2.36. The number of nitrogen functional groups attached to an aromatic ring is 1. The minimum Gasteiger partial charge on any atom is -0.495 e. The van der Waals surface area contributed by atoms with Gasteiger partial charge in [-0.2, -0.15) is 0 Å². The van der Waals surface area contributed by atoms with Gasteiger partial charge in [0.15, 0.2) is 0 Å². The Bertz CT molecular complexity index is 458. The van der Waals surface area contributed by atoms with Gasteiger partial charge in [0.05, 0.1) is 12.8 Å². The molecule has 0 aliphatic heterocycles. The zero-order valence-electron chi connectivity index (χ0n) is 11.9. The predicted octanol–water partition coefficient (Wildman–Crippen LogP) is 2.42. The molecule has 0 bridgehead atoms. The molecule has 0 aromatic heterocycles. The molecule has 20 heavy (non-hydrogen) atoms. The normalized spacial score (nSPS) is 14.7. The molecule has 1 saturated carbocycles. The molecular weight excluding hydrogens is 256 g/mol. The summed E-state index contributed by atoms with van der Waals surface area (Å²) in [4.78, 5) is 11.8. The van der Waals surface area contributed by atoms with Crippen LogP contribution in [0.5, 0.6) is 5.75 Å². The molecule has 1 aromatic carbocycles. The average molecular weight is 278 g/mol. The van der Waals surface area contributed by atoms with Crippen LogP contribution < -0.4 is 15.8 Å². The summed E-state index contributed by atoms with van der Waals surface area (Å²) in [6, 6.07) is 5.12. The fraction of sp³-hybridized carbons (Fsp3) is 0.533. The van der Waals surface area contributed by atoms with Crippen LogP contribution in [0.25, 0.3) is 0 Å².